The zero-order valence-electron chi connectivity index (χ0n) is 17.1. The van der Waals surface area contributed by atoms with Crippen molar-refractivity contribution in [1.82, 2.24) is 10.6 Å². The third-order valence-electron chi connectivity index (χ3n) is 3.73. The average molecular weight is 364 g/mol. The lowest BCUT2D eigenvalue weighted by atomic mass is 9.94. The molecule has 0 aliphatic carbocycles. The van der Waals surface area contributed by atoms with Gasteiger partial charge >= 0.3 is 0 Å². The van der Waals surface area contributed by atoms with Crippen molar-refractivity contribution >= 4 is 11.8 Å². The number of nitrogens with one attached hydrogen (secondary N) is 2. The van der Waals surface area contributed by atoms with Gasteiger partial charge < -0.3 is 20.1 Å². The van der Waals surface area contributed by atoms with Crippen molar-refractivity contribution in [1.29, 1.82) is 0 Å². The number of benzene rings is 1. The molecule has 1 rings (SSSR count). The lowest BCUT2D eigenvalue weighted by molar-refractivity contribution is -0.132. The monoisotopic (exact) mass is 364 g/mol. The van der Waals surface area contributed by atoms with Gasteiger partial charge in [-0.2, -0.15) is 0 Å². The van der Waals surface area contributed by atoms with Crippen LogP contribution in [0.25, 0.3) is 0 Å². The molecule has 0 aromatic heterocycles. The van der Waals surface area contributed by atoms with Gasteiger partial charge in [-0.3, -0.25) is 9.59 Å². The van der Waals surface area contributed by atoms with Crippen molar-refractivity contribution in [2.45, 2.75) is 54.6 Å². The van der Waals surface area contributed by atoms with Crippen molar-refractivity contribution in [3.8, 4) is 11.5 Å². The first kappa shape index (κ1) is 21.8. The minimum Gasteiger partial charge on any atom is -0.493 e. The van der Waals surface area contributed by atoms with Crippen LogP contribution in [0.3, 0.4) is 0 Å². The van der Waals surface area contributed by atoms with Crippen molar-refractivity contribution in [2.24, 2.45) is 10.8 Å². The van der Waals surface area contributed by atoms with Crippen molar-refractivity contribution in [2.75, 3.05) is 13.7 Å². The first-order valence-corrected chi connectivity index (χ1v) is 8.82. The van der Waals surface area contributed by atoms with Gasteiger partial charge in [0.1, 0.15) is 6.17 Å². The third-order valence-corrected chi connectivity index (χ3v) is 3.73. The smallest absolute Gasteiger partial charge is 0.227 e. The third kappa shape index (κ3) is 5.93. The van der Waals surface area contributed by atoms with Crippen LogP contribution in [-0.2, 0) is 9.59 Å². The highest BCUT2D eigenvalue weighted by molar-refractivity contribution is 5.84. The molecular formula is C20H32N2O4. The van der Waals surface area contributed by atoms with E-state index in [0.717, 1.165) is 0 Å². The fourth-order valence-corrected chi connectivity index (χ4v) is 2.04. The molecule has 0 heterocycles. The molecule has 1 aromatic carbocycles. The minimum atomic E-state index is -0.668. The van der Waals surface area contributed by atoms with E-state index in [-0.39, 0.29) is 11.8 Å². The molecular weight excluding hydrogens is 332 g/mol. The Morgan fingerprint density at radius 2 is 1.46 bits per heavy atom. The second-order valence-corrected chi connectivity index (χ2v) is 8.22. The topological polar surface area (TPSA) is 76.7 Å². The second kappa shape index (κ2) is 8.43. The van der Waals surface area contributed by atoms with Gasteiger partial charge in [-0.05, 0) is 24.6 Å². The minimum absolute atomic E-state index is 0.162. The Morgan fingerprint density at radius 1 is 0.962 bits per heavy atom. The molecule has 0 aliphatic rings. The van der Waals surface area contributed by atoms with Gasteiger partial charge in [-0.1, -0.05) is 47.6 Å². The number of amides is 2. The van der Waals surface area contributed by atoms with Crippen LogP contribution < -0.4 is 20.1 Å². The van der Waals surface area contributed by atoms with Crippen LogP contribution in [0.15, 0.2) is 18.2 Å². The SMILES string of the molecule is CCOc1ccc(C(NC(=O)C(C)(C)C)NC(=O)C(C)(C)C)cc1OC. The normalized spacial score (nSPS) is 11.9. The maximum absolute atomic E-state index is 12.5. The first-order chi connectivity index (χ1) is 11.9. The molecule has 0 radical (unpaired) electrons. The summed E-state index contributed by atoms with van der Waals surface area (Å²) >= 11 is 0. The largest absolute Gasteiger partial charge is 0.493 e. The lowest BCUT2D eigenvalue weighted by Gasteiger charge is -2.28. The number of rotatable bonds is 6. The van der Waals surface area contributed by atoms with Crippen LogP contribution in [0.4, 0.5) is 0 Å². The standard InChI is InChI=1S/C20H32N2O4/c1-9-26-14-11-10-13(12-15(14)25-8)16(21-17(23)19(2,3)4)22-18(24)20(5,6)7/h10-12,16H,9H2,1-8H3,(H,21,23)(H,22,24). The predicted octanol–water partition coefficient (Wildman–Crippen LogP) is 3.42. The lowest BCUT2D eigenvalue weighted by Crippen LogP contribution is -2.47. The van der Waals surface area contributed by atoms with Crippen LogP contribution in [0.5, 0.6) is 11.5 Å². The van der Waals surface area contributed by atoms with E-state index in [2.05, 4.69) is 10.6 Å². The Hall–Kier alpha value is -2.24. The van der Waals surface area contributed by atoms with Gasteiger partial charge in [0, 0.05) is 10.8 Å². The van der Waals surface area contributed by atoms with E-state index in [1.807, 2.05) is 54.5 Å². The fourth-order valence-electron chi connectivity index (χ4n) is 2.04. The summed E-state index contributed by atoms with van der Waals surface area (Å²) in [5, 5.41) is 5.82. The number of methoxy groups -OCH3 is 1. The molecule has 1 aromatic rings. The van der Waals surface area contributed by atoms with Crippen LogP contribution in [0, 0.1) is 10.8 Å². The van der Waals surface area contributed by atoms with E-state index < -0.39 is 17.0 Å². The molecule has 26 heavy (non-hydrogen) atoms. The molecule has 0 saturated heterocycles. The van der Waals surface area contributed by atoms with Gasteiger partial charge in [0.05, 0.1) is 13.7 Å². The molecule has 6 nitrogen and oxygen atoms in total. The highest BCUT2D eigenvalue weighted by Crippen LogP contribution is 2.30. The quantitative estimate of drug-likeness (QED) is 0.758. The Morgan fingerprint density at radius 3 is 1.85 bits per heavy atom. The highest BCUT2D eigenvalue weighted by atomic mass is 16.5. The zero-order valence-corrected chi connectivity index (χ0v) is 17.1. The molecule has 6 heteroatoms. The van der Waals surface area contributed by atoms with E-state index >= 15 is 0 Å². The van der Waals surface area contributed by atoms with E-state index in [9.17, 15) is 9.59 Å². The molecule has 2 amide bonds. The average Bonchev–Trinajstić information content (AvgIpc) is 2.52. The van der Waals surface area contributed by atoms with Gasteiger partial charge in [-0.25, -0.2) is 0 Å². The number of carbonyl (C=O) groups excluding carboxylic acids is 2. The van der Waals surface area contributed by atoms with Gasteiger partial charge in [0.15, 0.2) is 11.5 Å². The van der Waals surface area contributed by atoms with Gasteiger partial charge in [-0.15, -0.1) is 0 Å². The first-order valence-electron chi connectivity index (χ1n) is 8.82. The number of ether oxygens (including phenoxy) is 2. The Balaban J connectivity index is 3.22. The fraction of sp³-hybridized carbons (Fsp3) is 0.600. The molecule has 0 unspecified atom stereocenters. The number of hydrogen-bond donors (Lipinski definition) is 2. The molecule has 2 N–H and O–H groups in total. The van der Waals surface area contributed by atoms with Crippen molar-refractivity contribution in [3.63, 3.8) is 0 Å². The van der Waals surface area contributed by atoms with E-state index in [0.29, 0.717) is 23.7 Å². The summed E-state index contributed by atoms with van der Waals surface area (Å²) in [5.41, 5.74) is -0.458. The van der Waals surface area contributed by atoms with E-state index in [1.54, 1.807) is 19.2 Å². The van der Waals surface area contributed by atoms with E-state index in [1.165, 1.54) is 0 Å². The summed E-state index contributed by atoms with van der Waals surface area (Å²) in [7, 11) is 1.55. The molecule has 0 fully saturated rings. The zero-order chi connectivity index (χ0) is 20.1. The van der Waals surface area contributed by atoms with Crippen molar-refractivity contribution < 1.29 is 19.1 Å². The molecule has 0 atom stereocenters. The molecule has 0 saturated carbocycles. The van der Waals surface area contributed by atoms with Crippen LogP contribution in [-0.4, -0.2) is 25.5 Å². The summed E-state index contributed by atoms with van der Waals surface area (Å²) < 4.78 is 10.9. The highest BCUT2D eigenvalue weighted by Gasteiger charge is 2.29. The molecule has 146 valence electrons. The maximum atomic E-state index is 12.5. The summed E-state index contributed by atoms with van der Waals surface area (Å²) in [6, 6.07) is 5.35. The number of carbonyl (C=O) groups is 2. The molecule has 0 bridgehead atoms. The predicted molar refractivity (Wildman–Crippen MR) is 102 cm³/mol. The second-order valence-electron chi connectivity index (χ2n) is 8.22. The number of hydrogen-bond acceptors (Lipinski definition) is 4. The summed E-state index contributed by atoms with van der Waals surface area (Å²) in [6.07, 6.45) is -0.668. The molecule has 0 aliphatic heterocycles. The van der Waals surface area contributed by atoms with Crippen LogP contribution >= 0.6 is 0 Å². The summed E-state index contributed by atoms with van der Waals surface area (Å²) in [5.74, 6) is 0.834. The van der Waals surface area contributed by atoms with Crippen molar-refractivity contribution in [3.05, 3.63) is 23.8 Å². The Labute approximate surface area is 156 Å². The van der Waals surface area contributed by atoms with Gasteiger partial charge in [0.2, 0.25) is 11.8 Å². The Bertz CT molecular complexity index is 614. The van der Waals surface area contributed by atoms with Gasteiger partial charge in [0.25, 0.3) is 0 Å². The maximum Gasteiger partial charge on any atom is 0.227 e. The molecule has 0 spiro atoms. The summed E-state index contributed by atoms with van der Waals surface area (Å²) in [4.78, 5) is 25.0. The van der Waals surface area contributed by atoms with Crippen LogP contribution in [0.1, 0.15) is 60.2 Å². The Kier molecular flexibility index (Phi) is 7.07. The van der Waals surface area contributed by atoms with Crippen LogP contribution in [0.2, 0.25) is 0 Å². The summed E-state index contributed by atoms with van der Waals surface area (Å²) in [6.45, 7) is 13.3. The van der Waals surface area contributed by atoms with E-state index in [4.69, 9.17) is 9.47 Å².